The van der Waals surface area contributed by atoms with E-state index in [0.717, 1.165) is 26.1 Å². The molecule has 124 valence electrons. The summed E-state index contributed by atoms with van der Waals surface area (Å²) in [4.78, 5) is 30.4. The summed E-state index contributed by atoms with van der Waals surface area (Å²) in [5.41, 5.74) is -0.331. The molecule has 1 aliphatic heterocycles. The van der Waals surface area contributed by atoms with Crippen molar-refractivity contribution in [3.05, 3.63) is 28.0 Å². The largest absolute Gasteiger partial charge is 0.478 e. The predicted molar refractivity (Wildman–Crippen MR) is 84.9 cm³/mol. The molecule has 0 unspecified atom stereocenters. The average Bonchev–Trinajstić information content (AvgIpc) is 2.88. The number of carbonyl (C=O) groups is 1. The summed E-state index contributed by atoms with van der Waals surface area (Å²) in [5, 5.41) is 9.34. The first kappa shape index (κ1) is 15.7. The number of hydrogen-bond donors (Lipinski definition) is 1. The van der Waals surface area contributed by atoms with Gasteiger partial charge in [0.1, 0.15) is 23.0 Å². The number of aromatic carboxylic acids is 1. The number of furan rings is 1. The lowest BCUT2D eigenvalue weighted by molar-refractivity contribution is 0.0697. The number of likely N-dealkylation sites (tertiary alicyclic amines) is 1. The van der Waals surface area contributed by atoms with Crippen molar-refractivity contribution >= 4 is 17.1 Å². The van der Waals surface area contributed by atoms with Crippen molar-refractivity contribution in [1.82, 2.24) is 14.5 Å². The Kier molecular flexibility index (Phi) is 4.47. The van der Waals surface area contributed by atoms with Gasteiger partial charge in [0.05, 0.1) is 0 Å². The molecular formula is C16H21N3O4. The third-order valence-electron chi connectivity index (χ3n) is 4.39. The topological polar surface area (TPSA) is 88.6 Å². The van der Waals surface area contributed by atoms with Crippen molar-refractivity contribution in [2.75, 3.05) is 19.6 Å². The Hall–Kier alpha value is -2.15. The Labute approximate surface area is 133 Å². The molecule has 1 aliphatic rings. The zero-order valence-corrected chi connectivity index (χ0v) is 13.2. The zero-order chi connectivity index (χ0) is 16.4. The van der Waals surface area contributed by atoms with E-state index in [4.69, 9.17) is 4.42 Å². The lowest BCUT2D eigenvalue weighted by Crippen LogP contribution is -2.32. The number of aryl methyl sites for hydroxylation is 2. The van der Waals surface area contributed by atoms with E-state index in [1.807, 2.05) is 0 Å². The lowest BCUT2D eigenvalue weighted by Gasteiger charge is -2.26. The van der Waals surface area contributed by atoms with E-state index < -0.39 is 5.97 Å². The van der Waals surface area contributed by atoms with Gasteiger partial charge in [-0.05, 0) is 45.8 Å². The minimum absolute atomic E-state index is 0.0653. The minimum Gasteiger partial charge on any atom is -0.478 e. The van der Waals surface area contributed by atoms with Crippen LogP contribution in [0.2, 0.25) is 0 Å². The van der Waals surface area contributed by atoms with Crippen LogP contribution in [0.3, 0.4) is 0 Å². The average molecular weight is 319 g/mol. The van der Waals surface area contributed by atoms with Gasteiger partial charge in [0.25, 0.3) is 5.56 Å². The van der Waals surface area contributed by atoms with Gasteiger partial charge in [-0.2, -0.15) is 0 Å². The monoisotopic (exact) mass is 319 g/mol. The number of nitrogens with zero attached hydrogens (tertiary/aromatic N) is 3. The number of carboxylic acid groups (broad SMARTS) is 1. The fourth-order valence-corrected chi connectivity index (χ4v) is 3.20. The highest BCUT2D eigenvalue weighted by molar-refractivity contribution is 6.02. The van der Waals surface area contributed by atoms with Crippen LogP contribution in [0, 0.1) is 6.92 Å². The number of hydrogen-bond acceptors (Lipinski definition) is 5. The standard InChI is InChI=1S/C16H21N3O4/c1-11-12(16(21)22)13-14(23-11)17-10-19(15(13)20)9-5-8-18-6-3-2-4-7-18/h10H,2-9H2,1H3,(H,21,22). The third-order valence-corrected chi connectivity index (χ3v) is 4.39. The summed E-state index contributed by atoms with van der Waals surface area (Å²) < 4.78 is 6.76. The normalized spacial score (nSPS) is 16.0. The summed E-state index contributed by atoms with van der Waals surface area (Å²) in [6, 6.07) is 0. The Balaban J connectivity index is 1.78. The van der Waals surface area contributed by atoms with E-state index in [1.54, 1.807) is 0 Å². The molecule has 2 aromatic rings. The lowest BCUT2D eigenvalue weighted by atomic mass is 10.1. The maximum atomic E-state index is 12.5. The van der Waals surface area contributed by atoms with Gasteiger partial charge in [0.15, 0.2) is 0 Å². The highest BCUT2D eigenvalue weighted by Gasteiger charge is 2.22. The van der Waals surface area contributed by atoms with Gasteiger partial charge in [-0.25, -0.2) is 9.78 Å². The van der Waals surface area contributed by atoms with Gasteiger partial charge in [-0.3, -0.25) is 9.36 Å². The SMILES string of the molecule is Cc1oc2ncn(CCCN3CCCCC3)c(=O)c2c1C(=O)O. The van der Waals surface area contributed by atoms with Gasteiger partial charge in [0, 0.05) is 6.54 Å². The minimum atomic E-state index is -1.16. The van der Waals surface area contributed by atoms with Crippen LogP contribution in [0.25, 0.3) is 11.1 Å². The van der Waals surface area contributed by atoms with Gasteiger partial charge in [-0.1, -0.05) is 6.42 Å². The van der Waals surface area contributed by atoms with Crippen LogP contribution >= 0.6 is 0 Å². The molecule has 3 rings (SSSR count). The molecule has 0 radical (unpaired) electrons. The Bertz CT molecular complexity index is 771. The van der Waals surface area contributed by atoms with Gasteiger partial charge >= 0.3 is 5.97 Å². The highest BCUT2D eigenvalue weighted by Crippen LogP contribution is 2.20. The molecule has 0 saturated carbocycles. The number of rotatable bonds is 5. The van der Waals surface area contributed by atoms with E-state index in [9.17, 15) is 14.7 Å². The van der Waals surface area contributed by atoms with Crippen molar-refractivity contribution in [2.45, 2.75) is 39.2 Å². The van der Waals surface area contributed by atoms with Crippen LogP contribution in [0.15, 0.2) is 15.5 Å². The number of aromatic nitrogens is 2. The Morgan fingerprint density at radius 2 is 2.04 bits per heavy atom. The van der Waals surface area contributed by atoms with Crippen molar-refractivity contribution in [1.29, 1.82) is 0 Å². The second-order valence-electron chi connectivity index (χ2n) is 6.02. The molecule has 0 aromatic carbocycles. The van der Waals surface area contributed by atoms with Crippen LogP contribution in [0.5, 0.6) is 0 Å². The molecular weight excluding hydrogens is 298 g/mol. The van der Waals surface area contributed by atoms with E-state index >= 15 is 0 Å². The molecule has 3 heterocycles. The summed E-state index contributed by atoms with van der Waals surface area (Å²) in [7, 11) is 0. The second-order valence-corrected chi connectivity index (χ2v) is 6.02. The van der Waals surface area contributed by atoms with Crippen molar-refractivity contribution in [3.8, 4) is 0 Å². The molecule has 1 saturated heterocycles. The first-order valence-electron chi connectivity index (χ1n) is 8.02. The molecule has 0 spiro atoms. The molecule has 1 fully saturated rings. The first-order chi connectivity index (χ1) is 11.1. The maximum absolute atomic E-state index is 12.5. The van der Waals surface area contributed by atoms with Crippen LogP contribution in [-0.2, 0) is 6.54 Å². The van der Waals surface area contributed by atoms with Gasteiger partial charge in [-0.15, -0.1) is 0 Å². The van der Waals surface area contributed by atoms with Crippen LogP contribution in [0.1, 0.15) is 41.8 Å². The molecule has 23 heavy (non-hydrogen) atoms. The molecule has 7 heteroatoms. The summed E-state index contributed by atoms with van der Waals surface area (Å²) in [6.45, 7) is 5.25. The van der Waals surface area contributed by atoms with Crippen molar-refractivity contribution in [2.24, 2.45) is 0 Å². The fourth-order valence-electron chi connectivity index (χ4n) is 3.20. The van der Waals surface area contributed by atoms with E-state index in [1.165, 1.54) is 37.1 Å². The Morgan fingerprint density at radius 1 is 1.30 bits per heavy atom. The third kappa shape index (κ3) is 3.14. The first-order valence-corrected chi connectivity index (χ1v) is 8.02. The van der Waals surface area contributed by atoms with Gasteiger partial charge < -0.3 is 14.4 Å². The molecule has 0 amide bonds. The van der Waals surface area contributed by atoms with Gasteiger partial charge in [0.2, 0.25) is 5.71 Å². The second kappa shape index (κ2) is 6.54. The van der Waals surface area contributed by atoms with Crippen molar-refractivity contribution in [3.63, 3.8) is 0 Å². The highest BCUT2D eigenvalue weighted by atomic mass is 16.4. The van der Waals surface area contributed by atoms with Crippen LogP contribution in [-0.4, -0.2) is 45.2 Å². The van der Waals surface area contributed by atoms with E-state index in [2.05, 4.69) is 9.88 Å². The molecule has 1 N–H and O–H groups in total. The van der Waals surface area contributed by atoms with Crippen molar-refractivity contribution < 1.29 is 14.3 Å². The quantitative estimate of drug-likeness (QED) is 0.905. The van der Waals surface area contributed by atoms with Crippen LogP contribution in [0.4, 0.5) is 0 Å². The smallest absolute Gasteiger partial charge is 0.340 e. The molecule has 0 aliphatic carbocycles. The van der Waals surface area contributed by atoms with E-state index in [-0.39, 0.29) is 28.0 Å². The zero-order valence-electron chi connectivity index (χ0n) is 13.2. The number of piperidine rings is 1. The summed E-state index contributed by atoms with van der Waals surface area (Å²) >= 11 is 0. The number of carboxylic acids is 1. The molecule has 7 nitrogen and oxygen atoms in total. The molecule has 2 aromatic heterocycles. The van der Waals surface area contributed by atoms with Crippen LogP contribution < -0.4 is 5.56 Å². The summed E-state index contributed by atoms with van der Waals surface area (Å²) in [6.07, 6.45) is 6.06. The maximum Gasteiger partial charge on any atom is 0.340 e. The van der Waals surface area contributed by atoms with E-state index in [0.29, 0.717) is 6.54 Å². The molecule has 0 bridgehead atoms. The fraction of sp³-hybridized carbons (Fsp3) is 0.562. The Morgan fingerprint density at radius 3 is 2.74 bits per heavy atom. The summed E-state index contributed by atoms with van der Waals surface area (Å²) in [5.74, 6) is -0.950. The molecule has 0 atom stereocenters. The predicted octanol–water partition coefficient (Wildman–Crippen LogP) is 1.87. The number of fused-ring (bicyclic) bond motifs is 1.